The average Bonchev–Trinajstić information content (AvgIpc) is 3.29. The van der Waals surface area contributed by atoms with E-state index >= 15 is 0 Å². The second kappa shape index (κ2) is 12.9. The highest BCUT2D eigenvalue weighted by Gasteiger charge is 2.32. The second-order valence-corrected chi connectivity index (χ2v) is 9.30. The van der Waals surface area contributed by atoms with Crippen LogP contribution in [0.2, 0.25) is 0 Å². The summed E-state index contributed by atoms with van der Waals surface area (Å²) in [6.45, 7) is 1.71. The van der Waals surface area contributed by atoms with Gasteiger partial charge in [0, 0.05) is 31.4 Å². The molecule has 10 nitrogen and oxygen atoms in total. The average molecular weight is 498 g/mol. The fourth-order valence-corrected chi connectivity index (χ4v) is 4.62. The van der Waals surface area contributed by atoms with Crippen molar-refractivity contribution in [3.8, 4) is 0 Å². The lowest BCUT2D eigenvalue weighted by atomic mass is 9.83. The van der Waals surface area contributed by atoms with Crippen molar-refractivity contribution >= 4 is 29.4 Å². The molecule has 3 rings (SSSR count). The van der Waals surface area contributed by atoms with Crippen molar-refractivity contribution in [1.82, 2.24) is 20.4 Å². The van der Waals surface area contributed by atoms with Crippen LogP contribution in [0.15, 0.2) is 36.5 Å². The molecule has 1 aliphatic carbocycles. The number of nitrogens with zero attached hydrogens (tertiary/aromatic N) is 2. The summed E-state index contributed by atoms with van der Waals surface area (Å²) in [5.74, 6) is -1.75. The number of nitrogens with one attached hydrogen (secondary N) is 3. The van der Waals surface area contributed by atoms with Crippen LogP contribution >= 0.6 is 0 Å². The van der Waals surface area contributed by atoms with E-state index in [1.807, 2.05) is 0 Å². The molecule has 0 saturated heterocycles. The highest BCUT2D eigenvalue weighted by atomic mass is 16.4. The standard InChI is InChI=1S/C26H35N5O5/c1-3-22(32)28-20(16-23(33)34)15-17-9-11-19(12-10-17)29-26(36)24(18-7-5-4-6-8-18)30-25(35)21-13-14-27-31(21)2/h9-14,18,20,24H,3-8,15-16H2,1-2H3,(H,28,32)(H,29,36)(H,30,35)(H,33,34)/t20-,24?/m1/s1. The number of carbonyl (C=O) groups is 4. The molecular formula is C26H35N5O5. The van der Waals surface area contributed by atoms with Crippen LogP contribution in [-0.4, -0.2) is 50.7 Å². The predicted molar refractivity (Wildman–Crippen MR) is 134 cm³/mol. The van der Waals surface area contributed by atoms with E-state index < -0.39 is 18.1 Å². The Bertz CT molecular complexity index is 1060. The normalized spacial score (nSPS) is 15.5. The molecule has 1 unspecified atom stereocenters. The van der Waals surface area contributed by atoms with Gasteiger partial charge in [-0.05, 0) is 48.9 Å². The maximum Gasteiger partial charge on any atom is 0.305 e. The third-order valence-corrected chi connectivity index (χ3v) is 6.55. The molecule has 1 heterocycles. The first-order valence-corrected chi connectivity index (χ1v) is 12.5. The van der Waals surface area contributed by atoms with E-state index in [2.05, 4.69) is 21.0 Å². The largest absolute Gasteiger partial charge is 0.481 e. The van der Waals surface area contributed by atoms with Gasteiger partial charge >= 0.3 is 5.97 Å². The predicted octanol–water partition coefficient (Wildman–Crippen LogP) is 2.65. The van der Waals surface area contributed by atoms with Gasteiger partial charge in [-0.15, -0.1) is 0 Å². The van der Waals surface area contributed by atoms with Crippen LogP contribution in [-0.2, 0) is 27.9 Å². The number of carboxylic acids is 1. The zero-order chi connectivity index (χ0) is 26.1. The Balaban J connectivity index is 1.67. The lowest BCUT2D eigenvalue weighted by Crippen LogP contribution is -2.49. The maximum absolute atomic E-state index is 13.3. The van der Waals surface area contributed by atoms with Crippen LogP contribution < -0.4 is 16.0 Å². The van der Waals surface area contributed by atoms with Crippen molar-refractivity contribution in [2.45, 2.75) is 70.4 Å². The van der Waals surface area contributed by atoms with Gasteiger partial charge in [-0.25, -0.2) is 0 Å². The van der Waals surface area contributed by atoms with Crippen LogP contribution in [0.25, 0.3) is 0 Å². The van der Waals surface area contributed by atoms with E-state index in [9.17, 15) is 19.2 Å². The molecule has 2 aromatic rings. The Hall–Kier alpha value is -3.69. The molecule has 0 spiro atoms. The van der Waals surface area contributed by atoms with Gasteiger partial charge in [-0.1, -0.05) is 38.3 Å². The molecule has 194 valence electrons. The Labute approximate surface area is 210 Å². The van der Waals surface area contributed by atoms with E-state index in [0.717, 1.165) is 37.7 Å². The Kier molecular flexibility index (Phi) is 9.61. The summed E-state index contributed by atoms with van der Waals surface area (Å²) >= 11 is 0. The molecule has 4 N–H and O–H groups in total. The highest BCUT2D eigenvalue weighted by molar-refractivity contribution is 6.00. The van der Waals surface area contributed by atoms with Gasteiger partial charge < -0.3 is 21.1 Å². The minimum Gasteiger partial charge on any atom is -0.481 e. The molecule has 1 saturated carbocycles. The number of aromatic nitrogens is 2. The summed E-state index contributed by atoms with van der Waals surface area (Å²) in [7, 11) is 1.68. The van der Waals surface area contributed by atoms with Crippen molar-refractivity contribution in [1.29, 1.82) is 0 Å². The molecule has 1 aromatic carbocycles. The zero-order valence-corrected chi connectivity index (χ0v) is 20.8. The molecule has 3 amide bonds. The number of carboxylic acid groups (broad SMARTS) is 1. The monoisotopic (exact) mass is 497 g/mol. The first-order chi connectivity index (χ1) is 17.3. The molecular weight excluding hydrogens is 462 g/mol. The Morgan fingerprint density at radius 3 is 2.33 bits per heavy atom. The fourth-order valence-electron chi connectivity index (χ4n) is 4.62. The molecule has 1 aliphatic rings. The summed E-state index contributed by atoms with van der Waals surface area (Å²) in [6, 6.07) is 7.51. The smallest absolute Gasteiger partial charge is 0.305 e. The fraction of sp³-hybridized carbons (Fsp3) is 0.500. The Morgan fingerprint density at radius 1 is 1.06 bits per heavy atom. The van der Waals surface area contributed by atoms with Crippen LogP contribution in [0.4, 0.5) is 5.69 Å². The summed E-state index contributed by atoms with van der Waals surface area (Å²) in [6.07, 6.45) is 6.92. The van der Waals surface area contributed by atoms with Crippen molar-refractivity contribution < 1.29 is 24.3 Å². The maximum atomic E-state index is 13.3. The van der Waals surface area contributed by atoms with Crippen molar-refractivity contribution in [2.24, 2.45) is 13.0 Å². The van der Waals surface area contributed by atoms with E-state index in [0.29, 0.717) is 17.8 Å². The van der Waals surface area contributed by atoms with E-state index in [1.54, 1.807) is 50.5 Å². The summed E-state index contributed by atoms with van der Waals surface area (Å²) in [5, 5.41) is 21.8. The number of carbonyl (C=O) groups excluding carboxylic acids is 3. The van der Waals surface area contributed by atoms with Gasteiger partial charge in [0.25, 0.3) is 5.91 Å². The van der Waals surface area contributed by atoms with Crippen LogP contribution in [0.3, 0.4) is 0 Å². The van der Waals surface area contributed by atoms with E-state index in [-0.39, 0.29) is 36.5 Å². The van der Waals surface area contributed by atoms with Gasteiger partial charge in [0.15, 0.2) is 0 Å². The SMILES string of the molecule is CCC(=O)N[C@@H](CC(=O)O)Cc1ccc(NC(=O)C(NC(=O)c2ccnn2C)C2CCCCC2)cc1. The number of anilines is 1. The number of amides is 3. The van der Waals surface area contributed by atoms with Crippen LogP contribution in [0.5, 0.6) is 0 Å². The lowest BCUT2D eigenvalue weighted by Gasteiger charge is -2.30. The quantitative estimate of drug-likeness (QED) is 0.376. The number of hydrogen-bond donors (Lipinski definition) is 4. The van der Waals surface area contributed by atoms with E-state index in [1.165, 1.54) is 4.68 Å². The Morgan fingerprint density at radius 2 is 1.75 bits per heavy atom. The van der Waals surface area contributed by atoms with Crippen LogP contribution in [0.1, 0.15) is 67.9 Å². The molecule has 0 bridgehead atoms. The van der Waals surface area contributed by atoms with Gasteiger partial charge in [-0.3, -0.25) is 23.9 Å². The molecule has 2 atom stereocenters. The number of benzene rings is 1. The topological polar surface area (TPSA) is 142 Å². The van der Waals surface area contributed by atoms with E-state index in [4.69, 9.17) is 5.11 Å². The molecule has 0 radical (unpaired) electrons. The third kappa shape index (κ3) is 7.66. The third-order valence-electron chi connectivity index (χ3n) is 6.55. The van der Waals surface area contributed by atoms with Crippen molar-refractivity contribution in [3.05, 3.63) is 47.8 Å². The lowest BCUT2D eigenvalue weighted by molar-refractivity contribution is -0.137. The summed E-state index contributed by atoms with van der Waals surface area (Å²) < 4.78 is 1.48. The number of aliphatic carboxylic acids is 1. The number of aryl methyl sites for hydroxylation is 1. The van der Waals surface area contributed by atoms with Crippen LogP contribution in [0, 0.1) is 5.92 Å². The van der Waals surface area contributed by atoms with Gasteiger partial charge in [0.1, 0.15) is 11.7 Å². The molecule has 0 aliphatic heterocycles. The van der Waals surface area contributed by atoms with Crippen molar-refractivity contribution in [2.75, 3.05) is 5.32 Å². The highest BCUT2D eigenvalue weighted by Crippen LogP contribution is 2.27. The first-order valence-electron chi connectivity index (χ1n) is 12.5. The second-order valence-electron chi connectivity index (χ2n) is 9.30. The molecule has 36 heavy (non-hydrogen) atoms. The molecule has 1 fully saturated rings. The van der Waals surface area contributed by atoms with Gasteiger partial charge in [0.2, 0.25) is 11.8 Å². The van der Waals surface area contributed by atoms with Crippen molar-refractivity contribution in [3.63, 3.8) is 0 Å². The zero-order valence-electron chi connectivity index (χ0n) is 20.8. The summed E-state index contributed by atoms with van der Waals surface area (Å²) in [5.41, 5.74) is 1.80. The first kappa shape index (κ1) is 26.9. The molecule has 1 aromatic heterocycles. The number of hydrogen-bond acceptors (Lipinski definition) is 5. The number of rotatable bonds is 11. The molecule has 10 heteroatoms. The summed E-state index contributed by atoms with van der Waals surface area (Å²) in [4.78, 5) is 49.0. The minimum atomic E-state index is -0.984. The van der Waals surface area contributed by atoms with Gasteiger partial charge in [0.05, 0.1) is 6.42 Å². The minimum absolute atomic E-state index is 0.0501. The van der Waals surface area contributed by atoms with Gasteiger partial charge in [-0.2, -0.15) is 5.10 Å².